The van der Waals surface area contributed by atoms with E-state index in [-0.39, 0.29) is 11.2 Å². The molecule has 5 nitrogen and oxygen atoms in total. The third kappa shape index (κ3) is 2.23. The van der Waals surface area contributed by atoms with E-state index in [9.17, 15) is 0 Å². The first kappa shape index (κ1) is 9.45. The van der Waals surface area contributed by atoms with Crippen molar-refractivity contribution in [3.8, 4) is 0 Å². The summed E-state index contributed by atoms with van der Waals surface area (Å²) in [5.41, 5.74) is 5.42. The zero-order valence-corrected chi connectivity index (χ0v) is 8.62. The van der Waals surface area contributed by atoms with E-state index >= 15 is 0 Å². The van der Waals surface area contributed by atoms with Crippen molar-refractivity contribution in [2.45, 2.75) is 13.3 Å². The number of nitrogens with one attached hydrogen (secondary N) is 1. The van der Waals surface area contributed by atoms with Crippen LogP contribution in [0.15, 0.2) is 0 Å². The number of halogens is 1. The Bertz CT molecular complexity index is 322. The number of rotatable bonds is 3. The summed E-state index contributed by atoms with van der Waals surface area (Å²) in [6.07, 6.45) is 1.27. The molecule has 1 saturated carbocycles. The molecule has 76 valence electrons. The van der Waals surface area contributed by atoms with Gasteiger partial charge in [0.25, 0.3) is 0 Å². The lowest BCUT2D eigenvalue weighted by atomic mass is 10.3. The van der Waals surface area contributed by atoms with Crippen molar-refractivity contribution in [2.24, 2.45) is 11.8 Å². The van der Waals surface area contributed by atoms with Crippen LogP contribution in [0.25, 0.3) is 0 Å². The second kappa shape index (κ2) is 3.57. The molecule has 0 spiro atoms. The quantitative estimate of drug-likeness (QED) is 0.789. The third-order valence-electron chi connectivity index (χ3n) is 2.42. The van der Waals surface area contributed by atoms with Gasteiger partial charge in [-0.1, -0.05) is 6.92 Å². The molecule has 0 amide bonds. The van der Waals surface area contributed by atoms with Gasteiger partial charge in [0.05, 0.1) is 0 Å². The van der Waals surface area contributed by atoms with Crippen LogP contribution in [0.4, 0.5) is 11.9 Å². The predicted octanol–water partition coefficient (Wildman–Crippen LogP) is 1.18. The molecule has 1 fully saturated rings. The van der Waals surface area contributed by atoms with Crippen LogP contribution in [0.2, 0.25) is 5.28 Å². The van der Waals surface area contributed by atoms with E-state index in [1.54, 1.807) is 0 Å². The highest BCUT2D eigenvalue weighted by Gasteiger charge is 2.32. The molecule has 14 heavy (non-hydrogen) atoms. The summed E-state index contributed by atoms with van der Waals surface area (Å²) in [4.78, 5) is 11.5. The van der Waals surface area contributed by atoms with Crippen LogP contribution in [0, 0.1) is 11.8 Å². The van der Waals surface area contributed by atoms with E-state index < -0.39 is 0 Å². The van der Waals surface area contributed by atoms with Gasteiger partial charge in [-0.15, -0.1) is 0 Å². The smallest absolute Gasteiger partial charge is 0.228 e. The SMILES string of the molecule is CC1CC1CNc1nc(N)nc(Cl)n1. The fourth-order valence-electron chi connectivity index (χ4n) is 1.35. The van der Waals surface area contributed by atoms with E-state index in [1.165, 1.54) is 6.42 Å². The summed E-state index contributed by atoms with van der Waals surface area (Å²) >= 11 is 5.63. The number of hydrogen-bond donors (Lipinski definition) is 2. The van der Waals surface area contributed by atoms with Crippen molar-refractivity contribution in [1.29, 1.82) is 0 Å². The van der Waals surface area contributed by atoms with Gasteiger partial charge in [-0.2, -0.15) is 15.0 Å². The van der Waals surface area contributed by atoms with Crippen LogP contribution in [0.1, 0.15) is 13.3 Å². The molecule has 2 unspecified atom stereocenters. The summed E-state index contributed by atoms with van der Waals surface area (Å²) in [6, 6.07) is 0. The lowest BCUT2D eigenvalue weighted by molar-refractivity contribution is 0.780. The van der Waals surface area contributed by atoms with Gasteiger partial charge in [-0.3, -0.25) is 0 Å². The summed E-state index contributed by atoms with van der Waals surface area (Å²) in [7, 11) is 0. The molecule has 1 aliphatic carbocycles. The molecule has 2 rings (SSSR count). The molecule has 1 aromatic rings. The Morgan fingerprint density at radius 1 is 1.50 bits per heavy atom. The lowest BCUT2D eigenvalue weighted by Crippen LogP contribution is -2.10. The van der Waals surface area contributed by atoms with Gasteiger partial charge in [0, 0.05) is 6.54 Å². The first-order valence-corrected chi connectivity index (χ1v) is 4.94. The minimum Gasteiger partial charge on any atom is -0.368 e. The Kier molecular flexibility index (Phi) is 2.41. The summed E-state index contributed by atoms with van der Waals surface area (Å²) in [6.45, 7) is 3.10. The Labute approximate surface area is 87.1 Å². The number of nitrogens with zero attached hydrogens (tertiary/aromatic N) is 3. The Balaban J connectivity index is 1.95. The van der Waals surface area contributed by atoms with E-state index in [0.29, 0.717) is 5.95 Å². The maximum absolute atomic E-state index is 5.63. The van der Waals surface area contributed by atoms with Crippen LogP contribution in [0.3, 0.4) is 0 Å². The van der Waals surface area contributed by atoms with Gasteiger partial charge in [0.1, 0.15) is 0 Å². The molecule has 2 atom stereocenters. The van der Waals surface area contributed by atoms with Crippen LogP contribution in [-0.4, -0.2) is 21.5 Å². The van der Waals surface area contributed by atoms with Gasteiger partial charge in [-0.25, -0.2) is 0 Å². The van der Waals surface area contributed by atoms with E-state index in [4.69, 9.17) is 17.3 Å². The monoisotopic (exact) mass is 213 g/mol. The minimum absolute atomic E-state index is 0.129. The maximum Gasteiger partial charge on any atom is 0.228 e. The highest BCUT2D eigenvalue weighted by Crippen LogP contribution is 2.37. The third-order valence-corrected chi connectivity index (χ3v) is 2.59. The number of aromatic nitrogens is 3. The van der Waals surface area contributed by atoms with Crippen molar-refractivity contribution < 1.29 is 0 Å². The standard InChI is InChI=1S/C8H12ClN5/c1-4-2-5(4)3-11-8-13-6(9)12-7(10)14-8/h4-5H,2-3H2,1H3,(H3,10,11,12,13,14). The number of hydrogen-bond acceptors (Lipinski definition) is 5. The lowest BCUT2D eigenvalue weighted by Gasteiger charge is -2.03. The van der Waals surface area contributed by atoms with E-state index in [0.717, 1.165) is 18.4 Å². The van der Waals surface area contributed by atoms with Crippen molar-refractivity contribution >= 4 is 23.5 Å². The molecule has 0 saturated heterocycles. The summed E-state index contributed by atoms with van der Waals surface area (Å²) < 4.78 is 0. The molecule has 0 radical (unpaired) electrons. The average molecular weight is 214 g/mol. The highest BCUT2D eigenvalue weighted by atomic mass is 35.5. The maximum atomic E-state index is 5.63. The summed E-state index contributed by atoms with van der Waals surface area (Å²) in [5, 5.41) is 3.22. The number of nitrogen functional groups attached to an aromatic ring is 1. The molecule has 3 N–H and O–H groups in total. The molecule has 0 aliphatic heterocycles. The normalized spacial score (nSPS) is 24.7. The van der Waals surface area contributed by atoms with Crippen LogP contribution in [0.5, 0.6) is 0 Å². The molecular weight excluding hydrogens is 202 g/mol. The molecule has 0 aromatic carbocycles. The average Bonchev–Trinajstić information content (AvgIpc) is 2.77. The van der Waals surface area contributed by atoms with E-state index in [2.05, 4.69) is 27.2 Å². The fourth-order valence-corrected chi connectivity index (χ4v) is 1.52. The van der Waals surface area contributed by atoms with Crippen molar-refractivity contribution in [3.63, 3.8) is 0 Å². The van der Waals surface area contributed by atoms with Gasteiger partial charge in [0.2, 0.25) is 17.2 Å². The molecular formula is C8H12ClN5. The summed E-state index contributed by atoms with van der Waals surface area (Å²) in [5.74, 6) is 2.14. The first-order valence-electron chi connectivity index (χ1n) is 4.56. The molecule has 6 heteroatoms. The zero-order chi connectivity index (χ0) is 10.1. The number of nitrogens with two attached hydrogens (primary N) is 1. The second-order valence-electron chi connectivity index (χ2n) is 3.64. The second-order valence-corrected chi connectivity index (χ2v) is 3.98. The molecule has 0 bridgehead atoms. The molecule has 1 aromatic heterocycles. The van der Waals surface area contributed by atoms with Crippen molar-refractivity contribution in [3.05, 3.63) is 5.28 Å². The Hall–Kier alpha value is -1.10. The van der Waals surface area contributed by atoms with Gasteiger partial charge in [-0.05, 0) is 29.9 Å². The molecule has 1 aliphatic rings. The highest BCUT2D eigenvalue weighted by molar-refractivity contribution is 6.28. The van der Waals surface area contributed by atoms with Crippen LogP contribution in [-0.2, 0) is 0 Å². The predicted molar refractivity (Wildman–Crippen MR) is 55.0 cm³/mol. The van der Waals surface area contributed by atoms with Crippen molar-refractivity contribution in [1.82, 2.24) is 15.0 Å². The zero-order valence-electron chi connectivity index (χ0n) is 7.87. The van der Waals surface area contributed by atoms with Crippen molar-refractivity contribution in [2.75, 3.05) is 17.6 Å². The first-order chi connectivity index (χ1) is 6.65. The topological polar surface area (TPSA) is 76.7 Å². The molecule has 1 heterocycles. The number of anilines is 2. The van der Waals surface area contributed by atoms with Crippen LogP contribution >= 0.6 is 11.6 Å². The van der Waals surface area contributed by atoms with Crippen LogP contribution < -0.4 is 11.1 Å². The van der Waals surface area contributed by atoms with E-state index in [1.807, 2.05) is 0 Å². The Morgan fingerprint density at radius 2 is 2.21 bits per heavy atom. The largest absolute Gasteiger partial charge is 0.368 e. The Morgan fingerprint density at radius 3 is 2.79 bits per heavy atom. The van der Waals surface area contributed by atoms with Gasteiger partial charge >= 0.3 is 0 Å². The van der Waals surface area contributed by atoms with Gasteiger partial charge < -0.3 is 11.1 Å². The minimum atomic E-state index is 0.129. The van der Waals surface area contributed by atoms with Gasteiger partial charge in [0.15, 0.2) is 0 Å². The fraction of sp³-hybridized carbons (Fsp3) is 0.625.